The number of nitrogens with zero attached hydrogens (tertiary/aromatic N) is 1. The molecule has 1 aliphatic rings. The summed E-state index contributed by atoms with van der Waals surface area (Å²) in [6, 6.07) is 15.3. The number of carbonyl (C=O) groups is 1. The molecule has 0 N–H and O–H groups in total. The van der Waals surface area contributed by atoms with Crippen LogP contribution in [0, 0.1) is 0 Å². The van der Waals surface area contributed by atoms with Crippen molar-refractivity contribution in [1.82, 2.24) is 0 Å². The van der Waals surface area contributed by atoms with Crippen LogP contribution in [0.1, 0.15) is 18.1 Å². The van der Waals surface area contributed by atoms with Crippen LogP contribution in [-0.4, -0.2) is 19.0 Å². The van der Waals surface area contributed by atoms with Crippen LogP contribution in [0.2, 0.25) is 0 Å². The largest absolute Gasteiger partial charge is 0.496 e. The van der Waals surface area contributed by atoms with Gasteiger partial charge in [0.2, 0.25) is 5.90 Å². The van der Waals surface area contributed by atoms with Crippen molar-refractivity contribution >= 4 is 33.9 Å². The molecule has 0 atom stereocenters. The summed E-state index contributed by atoms with van der Waals surface area (Å²) in [5, 5.41) is 0. The SMILES string of the molecule is COc1ccc(C2=N/C(=C\C(C)=C\c3ccccc3)C(=O)O2)cc1Br. The van der Waals surface area contributed by atoms with Gasteiger partial charge in [-0.3, -0.25) is 0 Å². The molecule has 5 heteroatoms. The van der Waals surface area contributed by atoms with Crippen molar-refractivity contribution in [1.29, 1.82) is 0 Å². The lowest BCUT2D eigenvalue weighted by Gasteiger charge is -2.05. The van der Waals surface area contributed by atoms with E-state index < -0.39 is 5.97 Å². The summed E-state index contributed by atoms with van der Waals surface area (Å²) in [6.07, 6.45) is 3.71. The van der Waals surface area contributed by atoms with E-state index in [1.165, 1.54) is 0 Å². The zero-order chi connectivity index (χ0) is 17.8. The van der Waals surface area contributed by atoms with Gasteiger partial charge in [-0.1, -0.05) is 36.4 Å². The van der Waals surface area contributed by atoms with Gasteiger partial charge in [0, 0.05) is 5.56 Å². The number of ether oxygens (including phenoxy) is 2. The number of esters is 1. The molecule has 1 heterocycles. The Bertz CT molecular complexity index is 898. The van der Waals surface area contributed by atoms with E-state index in [1.54, 1.807) is 31.4 Å². The van der Waals surface area contributed by atoms with E-state index in [2.05, 4.69) is 20.9 Å². The van der Waals surface area contributed by atoms with Crippen molar-refractivity contribution in [3.05, 3.63) is 81.5 Å². The number of methoxy groups -OCH3 is 1. The van der Waals surface area contributed by atoms with Crippen molar-refractivity contribution in [3.8, 4) is 5.75 Å². The van der Waals surface area contributed by atoms with Crippen LogP contribution >= 0.6 is 15.9 Å². The number of aliphatic imine (C=N–C) groups is 1. The second-order valence-corrected chi connectivity index (χ2v) is 6.34. The Labute approximate surface area is 154 Å². The topological polar surface area (TPSA) is 47.9 Å². The van der Waals surface area contributed by atoms with E-state index >= 15 is 0 Å². The molecule has 0 saturated heterocycles. The highest BCUT2D eigenvalue weighted by molar-refractivity contribution is 9.10. The molecule has 0 fully saturated rings. The van der Waals surface area contributed by atoms with Gasteiger partial charge in [-0.05, 0) is 58.3 Å². The number of allylic oxidation sites excluding steroid dienone is 2. The minimum Gasteiger partial charge on any atom is -0.496 e. The highest BCUT2D eigenvalue weighted by atomic mass is 79.9. The van der Waals surface area contributed by atoms with Crippen LogP contribution in [0.5, 0.6) is 5.75 Å². The molecule has 0 amide bonds. The first-order valence-electron chi connectivity index (χ1n) is 7.66. The molecule has 3 rings (SSSR count). The maximum Gasteiger partial charge on any atom is 0.363 e. The van der Waals surface area contributed by atoms with Crippen LogP contribution < -0.4 is 4.74 Å². The fourth-order valence-corrected chi connectivity index (χ4v) is 2.94. The quantitative estimate of drug-likeness (QED) is 0.552. The summed E-state index contributed by atoms with van der Waals surface area (Å²) >= 11 is 3.42. The lowest BCUT2D eigenvalue weighted by molar-refractivity contribution is -0.130. The van der Waals surface area contributed by atoms with Crippen molar-refractivity contribution in [2.24, 2.45) is 4.99 Å². The molecule has 0 aromatic heterocycles. The van der Waals surface area contributed by atoms with Gasteiger partial charge in [0.05, 0.1) is 11.6 Å². The van der Waals surface area contributed by atoms with Gasteiger partial charge in [0.1, 0.15) is 5.75 Å². The minimum absolute atomic E-state index is 0.284. The molecule has 2 aromatic rings. The number of rotatable bonds is 4. The fourth-order valence-electron chi connectivity index (χ4n) is 2.40. The Hall–Kier alpha value is -2.66. The van der Waals surface area contributed by atoms with Gasteiger partial charge < -0.3 is 9.47 Å². The first-order valence-corrected chi connectivity index (χ1v) is 8.46. The third kappa shape index (κ3) is 4.06. The summed E-state index contributed by atoms with van der Waals surface area (Å²) in [7, 11) is 1.59. The molecule has 1 aliphatic heterocycles. The van der Waals surface area contributed by atoms with Gasteiger partial charge in [-0.15, -0.1) is 0 Å². The van der Waals surface area contributed by atoms with Crippen LogP contribution in [0.25, 0.3) is 6.08 Å². The number of cyclic esters (lactones) is 1. The first kappa shape index (κ1) is 17.2. The molecule has 0 bridgehead atoms. The van der Waals surface area contributed by atoms with Crippen LogP contribution in [0.15, 0.2) is 75.3 Å². The van der Waals surface area contributed by atoms with Crippen LogP contribution in [-0.2, 0) is 9.53 Å². The Kier molecular flexibility index (Phi) is 5.14. The van der Waals surface area contributed by atoms with Crippen molar-refractivity contribution in [3.63, 3.8) is 0 Å². The highest BCUT2D eigenvalue weighted by Crippen LogP contribution is 2.27. The summed E-state index contributed by atoms with van der Waals surface area (Å²) in [6.45, 7) is 1.92. The zero-order valence-corrected chi connectivity index (χ0v) is 15.4. The average molecular weight is 398 g/mol. The molecular weight excluding hydrogens is 382 g/mol. The normalized spacial score (nSPS) is 16.0. The van der Waals surface area contributed by atoms with Crippen LogP contribution in [0.4, 0.5) is 0 Å². The van der Waals surface area contributed by atoms with Crippen LogP contribution in [0.3, 0.4) is 0 Å². The van der Waals surface area contributed by atoms with E-state index in [1.807, 2.05) is 43.3 Å². The Balaban J connectivity index is 1.87. The third-order valence-corrected chi connectivity index (χ3v) is 4.20. The molecule has 2 aromatic carbocycles. The van der Waals surface area contributed by atoms with Crippen molar-refractivity contribution in [2.75, 3.05) is 7.11 Å². The van der Waals surface area contributed by atoms with Gasteiger partial charge in [-0.25, -0.2) is 9.79 Å². The second-order valence-electron chi connectivity index (χ2n) is 5.48. The van der Waals surface area contributed by atoms with Gasteiger partial charge >= 0.3 is 5.97 Å². The molecule has 0 radical (unpaired) electrons. The van der Waals surface area contributed by atoms with E-state index in [0.29, 0.717) is 11.3 Å². The zero-order valence-electron chi connectivity index (χ0n) is 13.8. The fraction of sp³-hybridized carbons (Fsp3) is 0.100. The number of hydrogen-bond acceptors (Lipinski definition) is 4. The Morgan fingerprint density at radius 3 is 2.64 bits per heavy atom. The van der Waals surface area contributed by atoms with Crippen molar-refractivity contribution in [2.45, 2.75) is 6.92 Å². The molecule has 4 nitrogen and oxygen atoms in total. The standard InChI is InChI=1S/C20H16BrNO3/c1-13(10-14-6-4-3-5-7-14)11-17-20(23)25-19(22-17)15-8-9-18(24-2)16(21)12-15/h3-12H,1-2H3/b13-10+,17-11-. The lowest BCUT2D eigenvalue weighted by atomic mass is 10.1. The second kappa shape index (κ2) is 7.49. The minimum atomic E-state index is -0.456. The first-order chi connectivity index (χ1) is 12.1. The molecule has 0 aliphatic carbocycles. The van der Waals surface area contributed by atoms with E-state index in [4.69, 9.17) is 9.47 Å². The van der Waals surface area contributed by atoms with Gasteiger partial charge in [-0.2, -0.15) is 0 Å². The molecule has 25 heavy (non-hydrogen) atoms. The molecule has 0 unspecified atom stereocenters. The molecule has 0 spiro atoms. The third-order valence-electron chi connectivity index (χ3n) is 3.58. The monoisotopic (exact) mass is 397 g/mol. The molecule has 0 saturated carbocycles. The lowest BCUT2D eigenvalue weighted by Crippen LogP contribution is -2.05. The molecule has 126 valence electrons. The maximum atomic E-state index is 12.1. The smallest absolute Gasteiger partial charge is 0.363 e. The predicted octanol–water partition coefficient (Wildman–Crippen LogP) is 4.75. The van der Waals surface area contributed by atoms with E-state index in [0.717, 1.165) is 15.6 Å². The number of hydrogen-bond donors (Lipinski definition) is 0. The summed E-state index contributed by atoms with van der Waals surface area (Å²) in [5.41, 5.74) is 2.96. The van der Waals surface area contributed by atoms with E-state index in [9.17, 15) is 4.79 Å². The average Bonchev–Trinajstić information content (AvgIpc) is 2.96. The van der Waals surface area contributed by atoms with Gasteiger partial charge in [0.15, 0.2) is 5.70 Å². The van der Waals surface area contributed by atoms with Crippen molar-refractivity contribution < 1.29 is 14.3 Å². The summed E-state index contributed by atoms with van der Waals surface area (Å²) in [4.78, 5) is 16.4. The highest BCUT2D eigenvalue weighted by Gasteiger charge is 2.24. The summed E-state index contributed by atoms with van der Waals surface area (Å²) < 4.78 is 11.3. The number of halogens is 1. The Morgan fingerprint density at radius 2 is 1.96 bits per heavy atom. The number of carbonyl (C=O) groups excluding carboxylic acids is 1. The van der Waals surface area contributed by atoms with E-state index in [-0.39, 0.29) is 11.6 Å². The van der Waals surface area contributed by atoms with Gasteiger partial charge in [0.25, 0.3) is 0 Å². The maximum absolute atomic E-state index is 12.1. The predicted molar refractivity (Wildman–Crippen MR) is 101 cm³/mol. The Morgan fingerprint density at radius 1 is 1.20 bits per heavy atom. The summed E-state index contributed by atoms with van der Waals surface area (Å²) in [5.74, 6) is 0.529. The number of benzene rings is 2. The molecular formula is C20H16BrNO3.